The normalized spacial score (nSPS) is 10.7. The lowest BCUT2D eigenvalue weighted by Crippen LogP contribution is -2.01. The first kappa shape index (κ1) is 11.2. The highest BCUT2D eigenvalue weighted by atomic mass is 32.1. The molecular weight excluding hydrogens is 240 g/mol. The highest BCUT2D eigenvalue weighted by Crippen LogP contribution is 2.24. The van der Waals surface area contributed by atoms with E-state index in [0.717, 1.165) is 12.2 Å². The predicted octanol–water partition coefficient (Wildman–Crippen LogP) is 4.22. The Labute approximate surface area is 110 Å². The van der Waals surface area contributed by atoms with E-state index in [1.165, 1.54) is 21.2 Å². The van der Waals surface area contributed by atoms with Crippen LogP contribution >= 0.6 is 11.3 Å². The largest absolute Gasteiger partial charge is 0.381 e. The molecule has 18 heavy (non-hydrogen) atoms. The van der Waals surface area contributed by atoms with Gasteiger partial charge in [0.1, 0.15) is 0 Å². The fourth-order valence-electron chi connectivity index (χ4n) is 1.96. The minimum Gasteiger partial charge on any atom is -0.381 e. The third-order valence-corrected chi connectivity index (χ3v) is 3.98. The molecule has 0 atom stereocenters. The summed E-state index contributed by atoms with van der Waals surface area (Å²) < 4.78 is 1.33. The molecule has 0 aliphatic rings. The smallest absolute Gasteiger partial charge is 0.0418 e. The van der Waals surface area contributed by atoms with Gasteiger partial charge in [-0.25, -0.2) is 0 Å². The number of aryl methyl sites for hydroxylation is 1. The minimum absolute atomic E-state index is 0.815. The Kier molecular flexibility index (Phi) is 2.99. The van der Waals surface area contributed by atoms with Gasteiger partial charge in [-0.15, -0.1) is 11.3 Å². The van der Waals surface area contributed by atoms with Crippen molar-refractivity contribution in [1.29, 1.82) is 0 Å². The number of hydrogen-bond donors (Lipinski definition) is 1. The highest BCUT2D eigenvalue weighted by molar-refractivity contribution is 7.17. The molecule has 0 radical (unpaired) electrons. The number of nitrogens with zero attached hydrogens (tertiary/aromatic N) is 1. The first-order valence-electron chi connectivity index (χ1n) is 5.93. The number of anilines is 1. The van der Waals surface area contributed by atoms with Gasteiger partial charge in [-0.1, -0.05) is 0 Å². The molecule has 0 aliphatic carbocycles. The Bertz CT molecular complexity index is 673. The van der Waals surface area contributed by atoms with E-state index >= 15 is 0 Å². The van der Waals surface area contributed by atoms with Crippen LogP contribution in [-0.4, -0.2) is 4.98 Å². The lowest BCUT2D eigenvalue weighted by Gasteiger charge is -2.08. The number of rotatable bonds is 3. The van der Waals surface area contributed by atoms with Crippen LogP contribution in [0.25, 0.3) is 10.1 Å². The Balaban J connectivity index is 1.78. The van der Waals surface area contributed by atoms with E-state index in [9.17, 15) is 0 Å². The molecule has 90 valence electrons. The van der Waals surface area contributed by atoms with Crippen molar-refractivity contribution >= 4 is 27.1 Å². The van der Waals surface area contributed by atoms with Gasteiger partial charge in [0.2, 0.25) is 0 Å². The topological polar surface area (TPSA) is 24.9 Å². The van der Waals surface area contributed by atoms with Crippen LogP contribution in [0.15, 0.2) is 48.1 Å². The fourth-order valence-corrected chi connectivity index (χ4v) is 2.73. The van der Waals surface area contributed by atoms with E-state index in [0.29, 0.717) is 0 Å². The molecule has 0 fully saturated rings. The van der Waals surface area contributed by atoms with Crippen molar-refractivity contribution in [2.24, 2.45) is 0 Å². The van der Waals surface area contributed by atoms with Crippen LogP contribution in [0.3, 0.4) is 0 Å². The molecule has 1 aromatic carbocycles. The number of aromatic nitrogens is 1. The summed E-state index contributed by atoms with van der Waals surface area (Å²) in [6.07, 6.45) is 3.75. The summed E-state index contributed by atoms with van der Waals surface area (Å²) in [4.78, 5) is 4.16. The van der Waals surface area contributed by atoms with E-state index in [1.807, 2.05) is 18.5 Å². The molecular formula is C15H14N2S. The summed E-state index contributed by atoms with van der Waals surface area (Å²) in [6.45, 7) is 2.93. The highest BCUT2D eigenvalue weighted by Gasteiger charge is 2.00. The molecule has 2 heterocycles. The number of fused-ring (bicyclic) bond motifs is 1. The van der Waals surface area contributed by atoms with Gasteiger partial charge in [-0.3, -0.25) is 4.98 Å². The molecule has 2 nitrogen and oxygen atoms in total. The average Bonchev–Trinajstić information content (AvgIpc) is 2.85. The lowest BCUT2D eigenvalue weighted by molar-refractivity contribution is 1.08. The molecule has 3 aromatic rings. The predicted molar refractivity (Wildman–Crippen MR) is 78.1 cm³/mol. The molecule has 0 spiro atoms. The molecule has 1 N–H and O–H groups in total. The molecule has 0 saturated heterocycles. The lowest BCUT2D eigenvalue weighted by atomic mass is 10.1. The van der Waals surface area contributed by atoms with Gasteiger partial charge < -0.3 is 5.32 Å². The zero-order chi connectivity index (χ0) is 12.4. The van der Waals surface area contributed by atoms with Crippen LogP contribution in [0.4, 0.5) is 5.69 Å². The van der Waals surface area contributed by atoms with Crippen molar-refractivity contribution in [1.82, 2.24) is 4.98 Å². The molecule has 0 amide bonds. The Morgan fingerprint density at radius 2 is 2.17 bits per heavy atom. The van der Waals surface area contributed by atoms with Crippen molar-refractivity contribution in [3.8, 4) is 0 Å². The molecule has 0 saturated carbocycles. The van der Waals surface area contributed by atoms with Gasteiger partial charge >= 0.3 is 0 Å². The molecule has 2 aromatic heterocycles. The van der Waals surface area contributed by atoms with Crippen LogP contribution < -0.4 is 5.32 Å². The number of benzene rings is 1. The summed E-state index contributed by atoms with van der Waals surface area (Å²) in [5.74, 6) is 0. The Morgan fingerprint density at radius 3 is 3.06 bits per heavy atom. The Hall–Kier alpha value is -1.87. The maximum atomic E-state index is 4.16. The first-order chi connectivity index (χ1) is 8.83. The fraction of sp³-hybridized carbons (Fsp3) is 0.133. The van der Waals surface area contributed by atoms with E-state index in [2.05, 4.69) is 46.9 Å². The van der Waals surface area contributed by atoms with Crippen molar-refractivity contribution in [2.75, 3.05) is 5.32 Å². The third-order valence-electron chi connectivity index (χ3n) is 3.08. The third kappa shape index (κ3) is 2.22. The van der Waals surface area contributed by atoms with Crippen molar-refractivity contribution in [3.05, 3.63) is 59.2 Å². The number of pyridine rings is 1. The second-order valence-electron chi connectivity index (χ2n) is 4.33. The average molecular weight is 254 g/mol. The number of nitrogens with one attached hydrogen (secondary N) is 1. The van der Waals surface area contributed by atoms with Crippen LogP contribution in [0, 0.1) is 6.92 Å². The second-order valence-corrected chi connectivity index (χ2v) is 5.28. The Morgan fingerprint density at radius 1 is 1.22 bits per heavy atom. The van der Waals surface area contributed by atoms with E-state index in [4.69, 9.17) is 0 Å². The zero-order valence-electron chi connectivity index (χ0n) is 10.2. The SMILES string of the molecule is Cc1ccncc1CNc1ccc2sccc2c1. The summed E-state index contributed by atoms with van der Waals surface area (Å²) >= 11 is 1.78. The van der Waals surface area contributed by atoms with Gasteiger partial charge in [0.15, 0.2) is 0 Å². The summed E-state index contributed by atoms with van der Waals surface area (Å²) in [5, 5.41) is 6.87. The molecule has 0 unspecified atom stereocenters. The van der Waals surface area contributed by atoms with E-state index in [-0.39, 0.29) is 0 Å². The molecule has 3 heteroatoms. The molecule has 3 rings (SSSR count). The van der Waals surface area contributed by atoms with Crippen LogP contribution in [-0.2, 0) is 6.54 Å². The number of thiophene rings is 1. The standard InChI is InChI=1S/C15H14N2S/c1-11-4-6-16-9-13(11)10-17-14-2-3-15-12(8-14)5-7-18-15/h2-9,17H,10H2,1H3. The van der Waals surface area contributed by atoms with Crippen molar-refractivity contribution in [3.63, 3.8) is 0 Å². The van der Waals surface area contributed by atoms with Gasteiger partial charge in [-0.05, 0) is 59.1 Å². The molecule has 0 aliphatic heterocycles. The summed E-state index contributed by atoms with van der Waals surface area (Å²) in [6, 6.07) is 10.7. The first-order valence-corrected chi connectivity index (χ1v) is 6.81. The summed E-state index contributed by atoms with van der Waals surface area (Å²) in [7, 11) is 0. The van der Waals surface area contributed by atoms with Crippen molar-refractivity contribution < 1.29 is 0 Å². The van der Waals surface area contributed by atoms with Gasteiger partial charge in [0.25, 0.3) is 0 Å². The van der Waals surface area contributed by atoms with Gasteiger partial charge in [0, 0.05) is 29.3 Å². The monoisotopic (exact) mass is 254 g/mol. The van der Waals surface area contributed by atoms with Crippen LogP contribution in [0.2, 0.25) is 0 Å². The van der Waals surface area contributed by atoms with E-state index in [1.54, 1.807) is 11.3 Å². The summed E-state index contributed by atoms with van der Waals surface area (Å²) in [5.41, 5.74) is 3.67. The van der Waals surface area contributed by atoms with Crippen LogP contribution in [0.1, 0.15) is 11.1 Å². The van der Waals surface area contributed by atoms with Crippen LogP contribution in [0.5, 0.6) is 0 Å². The quantitative estimate of drug-likeness (QED) is 0.757. The van der Waals surface area contributed by atoms with Gasteiger partial charge in [0.05, 0.1) is 0 Å². The van der Waals surface area contributed by atoms with Crippen molar-refractivity contribution in [2.45, 2.75) is 13.5 Å². The minimum atomic E-state index is 0.815. The second kappa shape index (κ2) is 4.78. The molecule has 0 bridgehead atoms. The maximum absolute atomic E-state index is 4.16. The zero-order valence-corrected chi connectivity index (χ0v) is 11.0. The van der Waals surface area contributed by atoms with E-state index < -0.39 is 0 Å². The number of hydrogen-bond acceptors (Lipinski definition) is 3. The van der Waals surface area contributed by atoms with Gasteiger partial charge in [-0.2, -0.15) is 0 Å². The maximum Gasteiger partial charge on any atom is 0.0418 e.